The van der Waals surface area contributed by atoms with E-state index in [1.165, 1.54) is 36.0 Å². The zero-order valence-corrected chi connectivity index (χ0v) is 15.4. The van der Waals surface area contributed by atoms with Gasteiger partial charge < -0.3 is 4.57 Å². The molecule has 0 amide bonds. The lowest BCUT2D eigenvalue weighted by Crippen LogP contribution is -2.11. The number of imidazole rings is 1. The Kier molecular flexibility index (Phi) is 5.04. The van der Waals surface area contributed by atoms with Gasteiger partial charge in [0.05, 0.1) is 15.9 Å². The molecule has 0 saturated heterocycles. The average molecular weight is 403 g/mol. The summed E-state index contributed by atoms with van der Waals surface area (Å²) in [6.45, 7) is 0. The molecule has 0 N–H and O–H groups in total. The summed E-state index contributed by atoms with van der Waals surface area (Å²) < 4.78 is 49.8. The van der Waals surface area contributed by atoms with Crippen LogP contribution >= 0.6 is 23.4 Å². The first kappa shape index (κ1) is 18.2. The molecule has 0 aliphatic rings. The maximum atomic E-state index is 12.5. The van der Waals surface area contributed by atoms with E-state index in [4.69, 9.17) is 11.6 Å². The fraction of sp³-hybridized carbons (Fsp3) is 0.188. The predicted octanol–water partition coefficient (Wildman–Crippen LogP) is 4.52. The molecule has 0 saturated carbocycles. The molecule has 2 aromatic carbocycles. The number of sulfone groups is 1. The molecule has 0 atom stereocenters. The van der Waals surface area contributed by atoms with Crippen LogP contribution in [0.15, 0.2) is 52.5 Å². The van der Waals surface area contributed by atoms with Crippen LogP contribution in [0.3, 0.4) is 0 Å². The molecule has 3 aromatic rings. The smallest absolute Gasteiger partial charge is 0.322 e. The molecule has 0 spiro atoms. The first-order chi connectivity index (χ1) is 11.8. The number of hydrogen-bond donors (Lipinski definition) is 0. The summed E-state index contributed by atoms with van der Waals surface area (Å²) in [7, 11) is -2.67. The van der Waals surface area contributed by atoms with Crippen LogP contribution in [0.1, 0.15) is 5.56 Å². The van der Waals surface area contributed by atoms with E-state index in [1.54, 1.807) is 12.1 Å². The summed E-state index contributed by atoms with van der Waals surface area (Å²) in [5, 5.41) is 1.39. The van der Waals surface area contributed by atoms with Crippen LogP contribution in [0.4, 0.5) is 8.78 Å². The fourth-order valence-corrected chi connectivity index (χ4v) is 4.14. The molecule has 25 heavy (non-hydrogen) atoms. The molecular formula is C16H13ClF2N2O2S2. The van der Waals surface area contributed by atoms with Crippen LogP contribution in [0.25, 0.3) is 11.0 Å². The van der Waals surface area contributed by atoms with Gasteiger partial charge in [0.15, 0.2) is 5.16 Å². The molecule has 1 aromatic heterocycles. The van der Waals surface area contributed by atoms with Gasteiger partial charge in [0.25, 0.3) is 0 Å². The summed E-state index contributed by atoms with van der Waals surface area (Å²) in [5.74, 6) is -2.89. The van der Waals surface area contributed by atoms with Crippen molar-refractivity contribution in [3.05, 3.63) is 53.1 Å². The Morgan fingerprint density at radius 1 is 1.20 bits per heavy atom. The summed E-state index contributed by atoms with van der Waals surface area (Å²) >= 11 is 7.43. The number of aromatic nitrogens is 2. The second kappa shape index (κ2) is 6.93. The predicted molar refractivity (Wildman–Crippen MR) is 94.9 cm³/mol. The van der Waals surface area contributed by atoms with Crippen LogP contribution in [-0.4, -0.2) is 23.7 Å². The van der Waals surface area contributed by atoms with Crippen molar-refractivity contribution >= 4 is 44.2 Å². The standard InChI is InChI=1S/C16H13ClF2N2O2S2/c1-21-14-7-4-11(17)8-13(14)20-16(21)24-9-10-2-5-12(6-3-10)25(22,23)15(18)19/h2-8,15H,9H2,1H3. The van der Waals surface area contributed by atoms with Gasteiger partial charge in [0, 0.05) is 17.8 Å². The van der Waals surface area contributed by atoms with Gasteiger partial charge in [0.2, 0.25) is 9.84 Å². The molecule has 0 aliphatic heterocycles. The number of thioether (sulfide) groups is 1. The van der Waals surface area contributed by atoms with Crippen molar-refractivity contribution in [1.29, 1.82) is 0 Å². The zero-order chi connectivity index (χ0) is 18.2. The third-order valence-electron chi connectivity index (χ3n) is 3.66. The number of fused-ring (bicyclic) bond motifs is 1. The second-order valence-corrected chi connectivity index (χ2v) is 8.62. The summed E-state index contributed by atoms with van der Waals surface area (Å²) in [6.07, 6.45) is 0. The number of halogens is 3. The Morgan fingerprint density at radius 3 is 2.52 bits per heavy atom. The van der Waals surface area contributed by atoms with E-state index < -0.39 is 15.6 Å². The topological polar surface area (TPSA) is 52.0 Å². The molecule has 0 radical (unpaired) electrons. The summed E-state index contributed by atoms with van der Waals surface area (Å²) in [4.78, 5) is 4.13. The van der Waals surface area contributed by atoms with Crippen LogP contribution in [0, 0.1) is 0 Å². The van der Waals surface area contributed by atoms with E-state index in [1.807, 2.05) is 17.7 Å². The van der Waals surface area contributed by atoms with Gasteiger partial charge in [-0.2, -0.15) is 8.78 Å². The van der Waals surface area contributed by atoms with Crippen LogP contribution in [0.2, 0.25) is 5.02 Å². The van der Waals surface area contributed by atoms with Crippen molar-refractivity contribution in [3.8, 4) is 0 Å². The minimum Gasteiger partial charge on any atom is -0.322 e. The van der Waals surface area contributed by atoms with Gasteiger partial charge in [-0.05, 0) is 35.9 Å². The number of rotatable bonds is 5. The maximum Gasteiger partial charge on any atom is 0.341 e. The zero-order valence-electron chi connectivity index (χ0n) is 13.0. The largest absolute Gasteiger partial charge is 0.341 e. The Bertz CT molecular complexity index is 1020. The minimum absolute atomic E-state index is 0.381. The summed E-state index contributed by atoms with van der Waals surface area (Å²) in [6, 6.07) is 10.9. The highest BCUT2D eigenvalue weighted by atomic mass is 35.5. The van der Waals surface area contributed by atoms with Crippen molar-refractivity contribution in [2.24, 2.45) is 7.05 Å². The van der Waals surface area contributed by atoms with E-state index in [0.717, 1.165) is 21.8 Å². The van der Waals surface area contributed by atoms with Crippen molar-refractivity contribution in [1.82, 2.24) is 9.55 Å². The molecule has 4 nitrogen and oxygen atoms in total. The van der Waals surface area contributed by atoms with Gasteiger partial charge >= 0.3 is 5.76 Å². The normalized spacial score (nSPS) is 12.2. The fourth-order valence-electron chi connectivity index (χ4n) is 2.31. The monoisotopic (exact) mass is 402 g/mol. The average Bonchev–Trinajstić information content (AvgIpc) is 2.88. The Labute approximate surface area is 152 Å². The highest BCUT2D eigenvalue weighted by molar-refractivity contribution is 7.98. The molecule has 9 heteroatoms. The molecular weight excluding hydrogens is 390 g/mol. The third-order valence-corrected chi connectivity index (χ3v) is 6.39. The summed E-state index contributed by atoms with van der Waals surface area (Å²) in [5.41, 5.74) is 2.55. The van der Waals surface area contributed by atoms with Gasteiger partial charge in [-0.3, -0.25) is 0 Å². The molecule has 0 aliphatic carbocycles. The van der Waals surface area contributed by atoms with Gasteiger partial charge in [-0.25, -0.2) is 13.4 Å². The number of alkyl halides is 2. The van der Waals surface area contributed by atoms with Crippen molar-refractivity contribution in [2.45, 2.75) is 21.6 Å². The van der Waals surface area contributed by atoms with E-state index in [-0.39, 0.29) is 4.90 Å². The first-order valence-corrected chi connectivity index (χ1v) is 10.1. The van der Waals surface area contributed by atoms with E-state index in [9.17, 15) is 17.2 Å². The molecule has 3 rings (SSSR count). The van der Waals surface area contributed by atoms with Crippen LogP contribution < -0.4 is 0 Å². The van der Waals surface area contributed by atoms with Gasteiger partial charge in [-0.1, -0.05) is 35.5 Å². The number of benzene rings is 2. The quantitative estimate of drug-likeness (QED) is 0.589. The van der Waals surface area contributed by atoms with Crippen LogP contribution in [-0.2, 0) is 22.6 Å². The number of hydrogen-bond acceptors (Lipinski definition) is 4. The lowest BCUT2D eigenvalue weighted by atomic mass is 10.2. The van der Waals surface area contributed by atoms with Crippen LogP contribution in [0.5, 0.6) is 0 Å². The first-order valence-electron chi connectivity index (χ1n) is 7.15. The molecule has 0 bridgehead atoms. The SMILES string of the molecule is Cn1c(SCc2ccc(S(=O)(=O)C(F)F)cc2)nc2cc(Cl)ccc21. The van der Waals surface area contributed by atoms with Gasteiger partial charge in [0.1, 0.15) is 0 Å². The van der Waals surface area contributed by atoms with Gasteiger partial charge in [-0.15, -0.1) is 0 Å². The van der Waals surface area contributed by atoms with E-state index in [2.05, 4.69) is 4.98 Å². The van der Waals surface area contributed by atoms with E-state index >= 15 is 0 Å². The Balaban J connectivity index is 1.77. The van der Waals surface area contributed by atoms with Crippen molar-refractivity contribution < 1.29 is 17.2 Å². The third kappa shape index (κ3) is 3.65. The highest BCUT2D eigenvalue weighted by Crippen LogP contribution is 2.28. The van der Waals surface area contributed by atoms with Crippen molar-refractivity contribution in [3.63, 3.8) is 0 Å². The molecule has 0 unspecified atom stereocenters. The van der Waals surface area contributed by atoms with E-state index in [0.29, 0.717) is 10.8 Å². The lowest BCUT2D eigenvalue weighted by molar-refractivity contribution is 0.234. The van der Waals surface area contributed by atoms with Crippen molar-refractivity contribution in [2.75, 3.05) is 0 Å². The molecule has 132 valence electrons. The Hall–Kier alpha value is -1.64. The maximum absolute atomic E-state index is 12.5. The Morgan fingerprint density at radius 2 is 1.88 bits per heavy atom. The highest BCUT2D eigenvalue weighted by Gasteiger charge is 2.26. The molecule has 0 fully saturated rings. The number of aryl methyl sites for hydroxylation is 1. The molecule has 1 heterocycles. The second-order valence-electron chi connectivity index (χ2n) is 5.32. The lowest BCUT2D eigenvalue weighted by Gasteiger charge is -2.05. The number of nitrogens with zero attached hydrogens (tertiary/aromatic N) is 2. The minimum atomic E-state index is -4.56.